The van der Waals surface area contributed by atoms with Gasteiger partial charge in [0.2, 0.25) is 0 Å². The number of carboxylic acid groups (broad SMARTS) is 1. The van der Waals surface area contributed by atoms with E-state index in [2.05, 4.69) is 9.97 Å². The maximum Gasteiger partial charge on any atom is 0.310 e. The van der Waals surface area contributed by atoms with E-state index in [1.165, 1.54) is 5.56 Å². The van der Waals surface area contributed by atoms with E-state index in [9.17, 15) is 4.79 Å². The number of aryl methyl sites for hydroxylation is 1. The first kappa shape index (κ1) is 9.57. The van der Waals surface area contributed by atoms with Gasteiger partial charge >= 0.3 is 5.97 Å². The smallest absolute Gasteiger partial charge is 0.310 e. The van der Waals surface area contributed by atoms with Gasteiger partial charge in [-0.15, -0.1) is 0 Å². The quantitative estimate of drug-likeness (QED) is 0.784. The molecule has 84 valence electrons. The molecular formula is C11H13N3O2. The van der Waals surface area contributed by atoms with Crippen molar-refractivity contribution in [2.75, 3.05) is 18.0 Å². The number of carboxylic acids is 1. The van der Waals surface area contributed by atoms with Gasteiger partial charge in [-0.2, -0.15) is 0 Å². The van der Waals surface area contributed by atoms with E-state index in [1.807, 2.05) is 4.90 Å². The van der Waals surface area contributed by atoms with E-state index >= 15 is 0 Å². The summed E-state index contributed by atoms with van der Waals surface area (Å²) in [5.41, 5.74) is 2.37. The topological polar surface area (TPSA) is 66.3 Å². The molecule has 1 aromatic rings. The van der Waals surface area contributed by atoms with Crippen molar-refractivity contribution in [3.8, 4) is 0 Å². The van der Waals surface area contributed by atoms with Crippen LogP contribution in [0, 0.1) is 5.92 Å². The number of aliphatic carboxylic acids is 1. The predicted octanol–water partition coefficient (Wildman–Crippen LogP) is 0.486. The molecule has 1 aromatic heterocycles. The molecule has 5 nitrogen and oxygen atoms in total. The van der Waals surface area contributed by atoms with Crippen molar-refractivity contribution < 1.29 is 9.90 Å². The fraction of sp³-hybridized carbons (Fsp3) is 0.545. The SMILES string of the molecule is O=C(O)C1CN(c2ncnc3c2CCC3)C1. The zero-order chi connectivity index (χ0) is 11.1. The number of aromatic nitrogens is 2. The lowest BCUT2D eigenvalue weighted by atomic mass is 10.00. The standard InChI is InChI=1S/C11H13N3O2/c15-11(16)7-4-14(5-7)10-8-2-1-3-9(8)12-6-13-10/h6-7H,1-5H2,(H,15,16). The molecule has 1 N–H and O–H groups in total. The van der Waals surface area contributed by atoms with Crippen molar-refractivity contribution in [3.63, 3.8) is 0 Å². The van der Waals surface area contributed by atoms with Gasteiger partial charge in [0.15, 0.2) is 0 Å². The maximum absolute atomic E-state index is 10.7. The molecule has 0 saturated carbocycles. The second kappa shape index (κ2) is 3.43. The number of hydrogen-bond acceptors (Lipinski definition) is 4. The van der Waals surface area contributed by atoms with E-state index in [4.69, 9.17) is 5.11 Å². The van der Waals surface area contributed by atoms with Crippen LogP contribution in [-0.4, -0.2) is 34.1 Å². The molecule has 0 bridgehead atoms. The van der Waals surface area contributed by atoms with Crippen molar-refractivity contribution in [1.82, 2.24) is 9.97 Å². The Bertz CT molecular complexity index is 441. The minimum absolute atomic E-state index is 0.230. The third kappa shape index (κ3) is 1.35. The lowest BCUT2D eigenvalue weighted by molar-refractivity contribution is -0.142. The molecule has 1 saturated heterocycles. The van der Waals surface area contributed by atoms with Gasteiger partial charge in [0.25, 0.3) is 0 Å². The Morgan fingerprint density at radius 1 is 1.38 bits per heavy atom. The summed E-state index contributed by atoms with van der Waals surface area (Å²) in [4.78, 5) is 21.3. The molecule has 0 atom stereocenters. The number of fused-ring (bicyclic) bond motifs is 1. The van der Waals surface area contributed by atoms with Crippen LogP contribution in [0.2, 0.25) is 0 Å². The normalized spacial score (nSPS) is 19.4. The first-order chi connectivity index (χ1) is 7.75. The summed E-state index contributed by atoms with van der Waals surface area (Å²) < 4.78 is 0. The van der Waals surface area contributed by atoms with Gasteiger partial charge in [0, 0.05) is 24.3 Å². The summed E-state index contributed by atoms with van der Waals surface area (Å²) in [6, 6.07) is 0. The number of carbonyl (C=O) groups is 1. The summed E-state index contributed by atoms with van der Waals surface area (Å²) in [6.07, 6.45) is 4.78. The average molecular weight is 219 g/mol. The van der Waals surface area contributed by atoms with Crippen LogP contribution in [0.15, 0.2) is 6.33 Å². The van der Waals surface area contributed by atoms with Gasteiger partial charge in [-0.05, 0) is 19.3 Å². The Labute approximate surface area is 93.1 Å². The lowest BCUT2D eigenvalue weighted by Crippen LogP contribution is -2.51. The van der Waals surface area contributed by atoms with Crippen LogP contribution in [-0.2, 0) is 17.6 Å². The summed E-state index contributed by atoms with van der Waals surface area (Å²) in [6.45, 7) is 1.16. The van der Waals surface area contributed by atoms with Crippen LogP contribution in [0.5, 0.6) is 0 Å². The summed E-state index contributed by atoms with van der Waals surface area (Å²) in [5.74, 6) is 0.0222. The molecule has 0 radical (unpaired) electrons. The highest BCUT2D eigenvalue weighted by Gasteiger charge is 2.35. The van der Waals surface area contributed by atoms with Crippen LogP contribution in [0.25, 0.3) is 0 Å². The molecule has 2 heterocycles. The largest absolute Gasteiger partial charge is 0.481 e. The number of nitrogens with zero attached hydrogens (tertiary/aromatic N) is 3. The molecule has 0 aromatic carbocycles. The molecule has 1 fully saturated rings. The lowest BCUT2D eigenvalue weighted by Gasteiger charge is -2.38. The molecule has 0 spiro atoms. The zero-order valence-electron chi connectivity index (χ0n) is 8.89. The Balaban J connectivity index is 1.82. The van der Waals surface area contributed by atoms with Crippen LogP contribution in [0.4, 0.5) is 5.82 Å². The highest BCUT2D eigenvalue weighted by molar-refractivity contribution is 5.74. The first-order valence-corrected chi connectivity index (χ1v) is 5.56. The molecular weight excluding hydrogens is 206 g/mol. The third-order valence-corrected chi connectivity index (χ3v) is 3.38. The fourth-order valence-corrected chi connectivity index (χ4v) is 2.42. The zero-order valence-corrected chi connectivity index (χ0v) is 8.89. The molecule has 16 heavy (non-hydrogen) atoms. The van der Waals surface area contributed by atoms with Gasteiger partial charge < -0.3 is 10.0 Å². The number of rotatable bonds is 2. The van der Waals surface area contributed by atoms with Crippen LogP contribution in [0.1, 0.15) is 17.7 Å². The highest BCUT2D eigenvalue weighted by atomic mass is 16.4. The average Bonchev–Trinajstić information content (AvgIpc) is 2.63. The van der Waals surface area contributed by atoms with E-state index in [-0.39, 0.29) is 5.92 Å². The van der Waals surface area contributed by atoms with Gasteiger partial charge in [0.1, 0.15) is 12.1 Å². The Hall–Kier alpha value is -1.65. The van der Waals surface area contributed by atoms with Crippen LogP contribution < -0.4 is 4.90 Å². The van der Waals surface area contributed by atoms with Crippen molar-refractivity contribution in [3.05, 3.63) is 17.6 Å². The van der Waals surface area contributed by atoms with Gasteiger partial charge in [-0.25, -0.2) is 9.97 Å². The van der Waals surface area contributed by atoms with E-state index in [0.29, 0.717) is 13.1 Å². The molecule has 0 amide bonds. The molecule has 2 aliphatic rings. The molecule has 5 heteroatoms. The third-order valence-electron chi connectivity index (χ3n) is 3.38. The predicted molar refractivity (Wildman–Crippen MR) is 57.4 cm³/mol. The number of hydrogen-bond donors (Lipinski definition) is 1. The minimum atomic E-state index is -0.707. The second-order valence-electron chi connectivity index (χ2n) is 4.42. The van der Waals surface area contributed by atoms with E-state index < -0.39 is 5.97 Å². The first-order valence-electron chi connectivity index (χ1n) is 5.56. The van der Waals surface area contributed by atoms with E-state index in [0.717, 1.165) is 30.8 Å². The molecule has 1 aliphatic heterocycles. The van der Waals surface area contributed by atoms with Gasteiger partial charge in [-0.3, -0.25) is 4.79 Å². The van der Waals surface area contributed by atoms with Crippen molar-refractivity contribution >= 4 is 11.8 Å². The van der Waals surface area contributed by atoms with E-state index in [1.54, 1.807) is 6.33 Å². The van der Waals surface area contributed by atoms with Crippen molar-refractivity contribution in [2.24, 2.45) is 5.92 Å². The monoisotopic (exact) mass is 219 g/mol. The Kier molecular flexibility index (Phi) is 2.05. The molecule has 0 unspecified atom stereocenters. The highest BCUT2D eigenvalue weighted by Crippen LogP contribution is 2.31. The molecule has 3 rings (SSSR count). The van der Waals surface area contributed by atoms with Gasteiger partial charge in [0.05, 0.1) is 5.92 Å². The molecule has 1 aliphatic carbocycles. The minimum Gasteiger partial charge on any atom is -0.481 e. The van der Waals surface area contributed by atoms with Crippen LogP contribution in [0.3, 0.4) is 0 Å². The number of anilines is 1. The van der Waals surface area contributed by atoms with Crippen molar-refractivity contribution in [2.45, 2.75) is 19.3 Å². The summed E-state index contributed by atoms with van der Waals surface area (Å²) in [7, 11) is 0. The fourth-order valence-electron chi connectivity index (χ4n) is 2.42. The Morgan fingerprint density at radius 2 is 2.19 bits per heavy atom. The van der Waals surface area contributed by atoms with Crippen LogP contribution >= 0.6 is 0 Å². The van der Waals surface area contributed by atoms with Crippen molar-refractivity contribution in [1.29, 1.82) is 0 Å². The Morgan fingerprint density at radius 3 is 2.94 bits per heavy atom. The maximum atomic E-state index is 10.7. The summed E-state index contributed by atoms with van der Waals surface area (Å²) >= 11 is 0. The second-order valence-corrected chi connectivity index (χ2v) is 4.42. The van der Waals surface area contributed by atoms with Gasteiger partial charge in [-0.1, -0.05) is 0 Å². The summed E-state index contributed by atoms with van der Waals surface area (Å²) in [5, 5.41) is 8.83.